The second kappa shape index (κ2) is 6.19. The summed E-state index contributed by atoms with van der Waals surface area (Å²) in [6, 6.07) is 4.30. The Labute approximate surface area is 121 Å². The fourth-order valence-electron chi connectivity index (χ4n) is 2.43. The first-order valence-corrected chi connectivity index (χ1v) is 6.67. The van der Waals surface area contributed by atoms with Gasteiger partial charge in [0.15, 0.2) is 0 Å². The van der Waals surface area contributed by atoms with Gasteiger partial charge in [-0.15, -0.1) is 0 Å². The molecule has 108 valence electrons. The van der Waals surface area contributed by atoms with E-state index in [2.05, 4.69) is 5.32 Å². The molecule has 1 fully saturated rings. The Morgan fingerprint density at radius 3 is 2.85 bits per heavy atom. The van der Waals surface area contributed by atoms with Crippen LogP contribution in [0, 0.1) is 10.1 Å². The van der Waals surface area contributed by atoms with Gasteiger partial charge in [-0.3, -0.25) is 14.9 Å². The van der Waals surface area contributed by atoms with Gasteiger partial charge >= 0.3 is 5.69 Å². The average Bonchev–Trinajstić information content (AvgIpc) is 2.85. The molecule has 1 aliphatic carbocycles. The molecule has 0 aliphatic heterocycles. The summed E-state index contributed by atoms with van der Waals surface area (Å²) in [6.45, 7) is 0. The summed E-state index contributed by atoms with van der Waals surface area (Å²) < 4.78 is 5.23. The third-order valence-electron chi connectivity index (χ3n) is 3.47. The minimum atomic E-state index is -0.635. The van der Waals surface area contributed by atoms with E-state index in [4.69, 9.17) is 16.3 Å². The van der Waals surface area contributed by atoms with E-state index in [0.717, 1.165) is 19.3 Å². The van der Waals surface area contributed by atoms with E-state index in [-0.39, 0.29) is 28.4 Å². The SMILES string of the molecule is COC1CCC(NC(=O)c2cccc(Cl)c2[N+](=O)[O-])C1. The van der Waals surface area contributed by atoms with Crippen molar-refractivity contribution in [1.29, 1.82) is 0 Å². The summed E-state index contributed by atoms with van der Waals surface area (Å²) in [4.78, 5) is 22.5. The summed E-state index contributed by atoms with van der Waals surface area (Å²) in [5, 5.41) is 13.8. The first-order valence-electron chi connectivity index (χ1n) is 6.29. The van der Waals surface area contributed by atoms with Crippen LogP contribution in [0.25, 0.3) is 0 Å². The minimum absolute atomic E-state index is 0.0108. The number of hydrogen-bond acceptors (Lipinski definition) is 4. The van der Waals surface area contributed by atoms with Crippen LogP contribution in [0.15, 0.2) is 18.2 Å². The molecule has 0 radical (unpaired) electrons. The number of hydrogen-bond donors (Lipinski definition) is 1. The third-order valence-corrected chi connectivity index (χ3v) is 3.77. The van der Waals surface area contributed by atoms with E-state index in [1.807, 2.05) is 0 Å². The number of benzene rings is 1. The van der Waals surface area contributed by atoms with Crippen molar-refractivity contribution in [2.45, 2.75) is 31.4 Å². The number of para-hydroxylation sites is 1. The number of halogens is 1. The number of carbonyl (C=O) groups excluding carboxylic acids is 1. The highest BCUT2D eigenvalue weighted by Gasteiger charge is 2.29. The lowest BCUT2D eigenvalue weighted by Gasteiger charge is -2.13. The Balaban J connectivity index is 2.14. The lowest BCUT2D eigenvalue weighted by molar-refractivity contribution is -0.385. The van der Waals surface area contributed by atoms with Crippen molar-refractivity contribution in [2.75, 3.05) is 7.11 Å². The van der Waals surface area contributed by atoms with Gasteiger partial charge in [-0.25, -0.2) is 0 Å². The Kier molecular flexibility index (Phi) is 4.57. The van der Waals surface area contributed by atoms with Gasteiger partial charge in [0.1, 0.15) is 10.6 Å². The van der Waals surface area contributed by atoms with E-state index < -0.39 is 10.8 Å². The molecule has 0 heterocycles. The maximum absolute atomic E-state index is 12.2. The molecule has 1 N–H and O–H groups in total. The molecular formula is C13H15ClN2O4. The van der Waals surface area contributed by atoms with Crippen LogP contribution in [-0.2, 0) is 4.74 Å². The van der Waals surface area contributed by atoms with Gasteiger partial charge in [-0.05, 0) is 31.4 Å². The van der Waals surface area contributed by atoms with Crippen molar-refractivity contribution in [3.8, 4) is 0 Å². The van der Waals surface area contributed by atoms with Crippen LogP contribution in [0.5, 0.6) is 0 Å². The van der Waals surface area contributed by atoms with Crippen LogP contribution in [0.1, 0.15) is 29.6 Å². The topological polar surface area (TPSA) is 81.5 Å². The molecule has 7 heteroatoms. The number of ether oxygens (including phenoxy) is 1. The fourth-order valence-corrected chi connectivity index (χ4v) is 2.68. The summed E-state index contributed by atoms with van der Waals surface area (Å²) in [5.41, 5.74) is -0.365. The standard InChI is InChI=1S/C13H15ClN2O4/c1-20-9-6-5-8(7-9)15-13(17)10-3-2-4-11(14)12(10)16(18)19/h2-4,8-9H,5-7H2,1H3,(H,15,17). The van der Waals surface area contributed by atoms with Crippen LogP contribution >= 0.6 is 11.6 Å². The monoisotopic (exact) mass is 298 g/mol. The molecule has 2 atom stereocenters. The van der Waals surface area contributed by atoms with E-state index in [9.17, 15) is 14.9 Å². The number of nitrogens with one attached hydrogen (secondary N) is 1. The van der Waals surface area contributed by atoms with E-state index >= 15 is 0 Å². The van der Waals surface area contributed by atoms with Crippen molar-refractivity contribution in [3.63, 3.8) is 0 Å². The summed E-state index contributed by atoms with van der Waals surface area (Å²) in [5.74, 6) is -0.471. The number of carbonyl (C=O) groups is 1. The summed E-state index contributed by atoms with van der Waals surface area (Å²) in [6.07, 6.45) is 2.53. The third kappa shape index (κ3) is 3.08. The maximum Gasteiger partial charge on any atom is 0.300 e. The highest BCUT2D eigenvalue weighted by Crippen LogP contribution is 2.29. The van der Waals surface area contributed by atoms with Crippen LogP contribution in [0.4, 0.5) is 5.69 Å². The summed E-state index contributed by atoms with van der Waals surface area (Å²) >= 11 is 5.79. The second-order valence-electron chi connectivity index (χ2n) is 4.73. The molecule has 2 rings (SSSR count). The fraction of sp³-hybridized carbons (Fsp3) is 0.462. The molecule has 0 spiro atoms. The molecule has 0 saturated heterocycles. The first kappa shape index (κ1) is 14.7. The molecule has 1 aromatic carbocycles. The lowest BCUT2D eigenvalue weighted by Crippen LogP contribution is -2.33. The normalized spacial score (nSPS) is 21.7. The summed E-state index contributed by atoms with van der Waals surface area (Å²) in [7, 11) is 1.64. The second-order valence-corrected chi connectivity index (χ2v) is 5.14. The van der Waals surface area contributed by atoms with Crippen LogP contribution in [0.3, 0.4) is 0 Å². The number of nitro benzene ring substituents is 1. The maximum atomic E-state index is 12.2. The Bertz CT molecular complexity index is 535. The average molecular weight is 299 g/mol. The zero-order chi connectivity index (χ0) is 14.7. The van der Waals surface area contributed by atoms with Crippen molar-refractivity contribution in [3.05, 3.63) is 38.9 Å². The van der Waals surface area contributed by atoms with Gasteiger partial charge in [0.2, 0.25) is 0 Å². The predicted octanol–water partition coefficient (Wildman–Crippen LogP) is 2.55. The van der Waals surface area contributed by atoms with Crippen molar-refractivity contribution >= 4 is 23.2 Å². The van der Waals surface area contributed by atoms with Gasteiger partial charge in [0.05, 0.1) is 11.0 Å². The molecule has 1 saturated carbocycles. The van der Waals surface area contributed by atoms with Crippen LogP contribution < -0.4 is 5.32 Å². The largest absolute Gasteiger partial charge is 0.381 e. The van der Waals surface area contributed by atoms with Crippen molar-refractivity contribution in [1.82, 2.24) is 5.32 Å². The van der Waals surface area contributed by atoms with Crippen LogP contribution in [-0.4, -0.2) is 30.1 Å². The van der Waals surface area contributed by atoms with Crippen LogP contribution in [0.2, 0.25) is 5.02 Å². The molecule has 1 aliphatic rings. The molecule has 0 bridgehead atoms. The molecule has 2 unspecified atom stereocenters. The van der Waals surface area contributed by atoms with E-state index in [1.165, 1.54) is 18.2 Å². The highest BCUT2D eigenvalue weighted by molar-refractivity contribution is 6.33. The van der Waals surface area contributed by atoms with Gasteiger partial charge in [-0.1, -0.05) is 17.7 Å². The van der Waals surface area contributed by atoms with E-state index in [0.29, 0.717) is 0 Å². The smallest absolute Gasteiger partial charge is 0.300 e. The van der Waals surface area contributed by atoms with Gasteiger partial charge < -0.3 is 10.1 Å². The van der Waals surface area contributed by atoms with Crippen molar-refractivity contribution in [2.24, 2.45) is 0 Å². The molecule has 1 amide bonds. The zero-order valence-electron chi connectivity index (χ0n) is 11.0. The highest BCUT2D eigenvalue weighted by atomic mass is 35.5. The number of rotatable bonds is 4. The van der Waals surface area contributed by atoms with Gasteiger partial charge in [0.25, 0.3) is 5.91 Å². The Morgan fingerprint density at radius 1 is 1.50 bits per heavy atom. The lowest BCUT2D eigenvalue weighted by atomic mass is 10.1. The first-order chi connectivity index (χ1) is 9.52. The molecule has 0 aromatic heterocycles. The number of amides is 1. The molecule has 6 nitrogen and oxygen atoms in total. The molecular weight excluding hydrogens is 284 g/mol. The van der Waals surface area contributed by atoms with E-state index in [1.54, 1.807) is 7.11 Å². The number of nitro groups is 1. The Morgan fingerprint density at radius 2 is 2.25 bits per heavy atom. The molecule has 20 heavy (non-hydrogen) atoms. The van der Waals surface area contributed by atoms with Gasteiger partial charge in [-0.2, -0.15) is 0 Å². The van der Waals surface area contributed by atoms with Gasteiger partial charge in [0, 0.05) is 13.2 Å². The minimum Gasteiger partial charge on any atom is -0.381 e. The van der Waals surface area contributed by atoms with Crippen molar-refractivity contribution < 1.29 is 14.5 Å². The zero-order valence-corrected chi connectivity index (χ0v) is 11.7. The predicted molar refractivity (Wildman–Crippen MR) is 74.0 cm³/mol. The quantitative estimate of drug-likeness (QED) is 0.684. The number of methoxy groups -OCH3 is 1. The molecule has 1 aromatic rings. The number of nitrogens with zero attached hydrogens (tertiary/aromatic N) is 1. The Hall–Kier alpha value is -1.66.